The topological polar surface area (TPSA) is 98.7 Å². The van der Waals surface area contributed by atoms with Crippen LogP contribution in [0.4, 0.5) is 0 Å². The molecule has 6 nitrogen and oxygen atoms in total. The van der Waals surface area contributed by atoms with Gasteiger partial charge < -0.3 is 10.2 Å². The molecule has 0 aromatic carbocycles. The molecule has 0 saturated carbocycles. The van der Waals surface area contributed by atoms with Gasteiger partial charge in [-0.15, -0.1) is 0 Å². The molecular weight excluding hydrogens is 212 g/mol. The summed E-state index contributed by atoms with van der Waals surface area (Å²) in [6, 6.07) is 0. The average molecular weight is 230 g/mol. The second kappa shape index (κ2) is 10.1. The first-order chi connectivity index (χ1) is 7.63. The van der Waals surface area contributed by atoms with Crippen LogP contribution in [0.2, 0.25) is 0 Å². The molecule has 0 aromatic rings. The van der Waals surface area contributed by atoms with Crippen molar-refractivity contribution in [3.63, 3.8) is 0 Å². The molecule has 1 rings (SSSR count). The zero-order valence-corrected chi connectivity index (χ0v) is 9.11. The van der Waals surface area contributed by atoms with Crippen molar-refractivity contribution < 1.29 is 19.8 Å². The van der Waals surface area contributed by atoms with Crippen LogP contribution in [0, 0.1) is 0 Å². The Kier molecular flexibility index (Phi) is 9.24. The molecule has 0 amide bonds. The largest absolute Gasteiger partial charge is 0.478 e. The van der Waals surface area contributed by atoms with E-state index in [1.54, 1.807) is 0 Å². The zero-order valence-electron chi connectivity index (χ0n) is 9.11. The Morgan fingerprint density at radius 2 is 1.19 bits per heavy atom. The summed E-state index contributed by atoms with van der Waals surface area (Å²) in [5, 5.41) is 15.6. The van der Waals surface area contributed by atoms with Crippen LogP contribution >= 0.6 is 0 Å². The number of aliphatic carboxylic acids is 2. The number of carboxylic acid groups (broad SMARTS) is 2. The van der Waals surface area contributed by atoms with Crippen LogP contribution in [0.25, 0.3) is 0 Å². The first-order valence-electron chi connectivity index (χ1n) is 5.22. The molecule has 0 atom stereocenters. The van der Waals surface area contributed by atoms with Gasteiger partial charge >= 0.3 is 11.9 Å². The number of carbonyl (C=O) groups is 2. The maximum absolute atomic E-state index is 9.55. The van der Waals surface area contributed by atoms with Crippen molar-refractivity contribution in [1.82, 2.24) is 10.9 Å². The van der Waals surface area contributed by atoms with E-state index in [-0.39, 0.29) is 0 Å². The Labute approximate surface area is 94.3 Å². The van der Waals surface area contributed by atoms with Crippen LogP contribution in [-0.2, 0) is 9.59 Å². The van der Waals surface area contributed by atoms with Crippen molar-refractivity contribution >= 4 is 11.9 Å². The van der Waals surface area contributed by atoms with Gasteiger partial charge in [-0.2, -0.15) is 0 Å². The number of rotatable bonds is 2. The van der Waals surface area contributed by atoms with E-state index in [1.807, 2.05) is 0 Å². The van der Waals surface area contributed by atoms with Crippen molar-refractivity contribution in [2.24, 2.45) is 0 Å². The summed E-state index contributed by atoms with van der Waals surface area (Å²) >= 11 is 0. The van der Waals surface area contributed by atoms with Gasteiger partial charge in [0.1, 0.15) is 0 Å². The van der Waals surface area contributed by atoms with E-state index >= 15 is 0 Å². The minimum absolute atomic E-state index is 0.558. The van der Waals surface area contributed by atoms with E-state index in [0.717, 1.165) is 13.1 Å². The molecule has 16 heavy (non-hydrogen) atoms. The maximum atomic E-state index is 9.55. The molecule has 0 aliphatic carbocycles. The van der Waals surface area contributed by atoms with Crippen LogP contribution in [0.3, 0.4) is 0 Å². The molecule has 0 aromatic heterocycles. The monoisotopic (exact) mass is 230 g/mol. The fraction of sp³-hybridized carbons (Fsp3) is 0.600. The smallest absolute Gasteiger partial charge is 0.328 e. The van der Waals surface area contributed by atoms with E-state index in [9.17, 15) is 9.59 Å². The summed E-state index contributed by atoms with van der Waals surface area (Å²) in [5.41, 5.74) is 6.27. The molecular formula is C10H18N2O4. The second-order valence-corrected chi connectivity index (χ2v) is 3.28. The molecule has 1 aliphatic rings. The third kappa shape index (κ3) is 12.6. The van der Waals surface area contributed by atoms with Crippen molar-refractivity contribution in [3.05, 3.63) is 12.2 Å². The molecule has 0 unspecified atom stereocenters. The fourth-order valence-corrected chi connectivity index (χ4v) is 1.10. The van der Waals surface area contributed by atoms with Gasteiger partial charge in [-0.3, -0.25) is 10.9 Å². The van der Waals surface area contributed by atoms with E-state index < -0.39 is 11.9 Å². The molecule has 92 valence electrons. The van der Waals surface area contributed by atoms with E-state index in [1.165, 1.54) is 25.7 Å². The molecule has 1 aliphatic heterocycles. The highest BCUT2D eigenvalue weighted by Gasteiger charge is 1.93. The Hall–Kier alpha value is -1.40. The van der Waals surface area contributed by atoms with Crippen molar-refractivity contribution in [1.29, 1.82) is 0 Å². The SMILES string of the molecule is C1CCCNNCC1.O=C(O)/C=C/C(=O)O. The van der Waals surface area contributed by atoms with Gasteiger partial charge in [0.15, 0.2) is 0 Å². The van der Waals surface area contributed by atoms with E-state index in [2.05, 4.69) is 10.9 Å². The number of hydrazine groups is 1. The van der Waals surface area contributed by atoms with Gasteiger partial charge in [-0.1, -0.05) is 12.8 Å². The van der Waals surface area contributed by atoms with Crippen LogP contribution in [0.5, 0.6) is 0 Å². The summed E-state index contributed by atoms with van der Waals surface area (Å²) in [4.78, 5) is 19.1. The van der Waals surface area contributed by atoms with Gasteiger partial charge in [0.25, 0.3) is 0 Å². The predicted molar refractivity (Wildman–Crippen MR) is 58.9 cm³/mol. The Balaban J connectivity index is 0.000000281. The molecule has 4 N–H and O–H groups in total. The molecule has 0 bridgehead atoms. The first-order valence-corrected chi connectivity index (χ1v) is 5.22. The summed E-state index contributed by atoms with van der Waals surface area (Å²) in [5.74, 6) is -2.51. The zero-order chi connectivity index (χ0) is 12.2. The highest BCUT2D eigenvalue weighted by Crippen LogP contribution is 1.98. The summed E-state index contributed by atoms with van der Waals surface area (Å²) < 4.78 is 0. The van der Waals surface area contributed by atoms with Crippen LogP contribution in [0.15, 0.2) is 12.2 Å². The lowest BCUT2D eigenvalue weighted by molar-refractivity contribution is -0.134. The minimum Gasteiger partial charge on any atom is -0.478 e. The fourth-order valence-electron chi connectivity index (χ4n) is 1.10. The number of carboxylic acids is 2. The quantitative estimate of drug-likeness (QED) is 0.511. The van der Waals surface area contributed by atoms with Crippen molar-refractivity contribution in [2.45, 2.75) is 25.7 Å². The normalized spacial score (nSPS) is 16.8. The second-order valence-electron chi connectivity index (χ2n) is 3.28. The van der Waals surface area contributed by atoms with Crippen LogP contribution in [0.1, 0.15) is 25.7 Å². The highest BCUT2D eigenvalue weighted by atomic mass is 16.4. The number of hydrogen-bond donors (Lipinski definition) is 4. The maximum Gasteiger partial charge on any atom is 0.328 e. The van der Waals surface area contributed by atoms with Gasteiger partial charge in [0.2, 0.25) is 0 Å². The standard InChI is InChI=1S/C6H14N2.C4H4O4/c1-2-4-6-8-7-5-3-1;5-3(6)1-2-4(7)8/h7-8H,1-6H2;1-2H,(H,5,6)(H,7,8)/b;2-1+. The minimum atomic E-state index is -1.26. The predicted octanol–water partition coefficient (Wildman–Crippen LogP) is 0.366. The van der Waals surface area contributed by atoms with Gasteiger partial charge in [0, 0.05) is 25.2 Å². The lowest BCUT2D eigenvalue weighted by Crippen LogP contribution is -2.34. The van der Waals surface area contributed by atoms with Gasteiger partial charge in [0.05, 0.1) is 0 Å². The van der Waals surface area contributed by atoms with Crippen molar-refractivity contribution in [2.75, 3.05) is 13.1 Å². The summed E-state index contributed by atoms with van der Waals surface area (Å²) in [7, 11) is 0. The summed E-state index contributed by atoms with van der Waals surface area (Å²) in [6.07, 6.45) is 6.56. The summed E-state index contributed by atoms with van der Waals surface area (Å²) in [6.45, 7) is 2.28. The Bertz CT molecular complexity index is 201. The molecule has 1 saturated heterocycles. The molecule has 1 fully saturated rings. The highest BCUT2D eigenvalue weighted by molar-refractivity contribution is 5.89. The Morgan fingerprint density at radius 3 is 1.50 bits per heavy atom. The lowest BCUT2D eigenvalue weighted by Gasteiger charge is -2.09. The molecule has 0 radical (unpaired) electrons. The molecule has 1 heterocycles. The average Bonchev–Trinajstić information content (AvgIpc) is 2.14. The molecule has 0 spiro atoms. The number of nitrogens with one attached hydrogen (secondary N) is 2. The number of hydrogen-bond acceptors (Lipinski definition) is 4. The lowest BCUT2D eigenvalue weighted by atomic mass is 10.2. The molecule has 6 heteroatoms. The van der Waals surface area contributed by atoms with Gasteiger partial charge in [-0.05, 0) is 12.8 Å². The first kappa shape index (κ1) is 14.6. The van der Waals surface area contributed by atoms with Crippen LogP contribution in [-0.4, -0.2) is 35.2 Å². The van der Waals surface area contributed by atoms with Crippen molar-refractivity contribution in [3.8, 4) is 0 Å². The Morgan fingerprint density at radius 1 is 0.812 bits per heavy atom. The van der Waals surface area contributed by atoms with Gasteiger partial charge in [-0.25, -0.2) is 9.59 Å². The van der Waals surface area contributed by atoms with E-state index in [0.29, 0.717) is 12.2 Å². The third-order valence-electron chi connectivity index (χ3n) is 1.85. The van der Waals surface area contributed by atoms with Crippen LogP contribution < -0.4 is 10.9 Å². The third-order valence-corrected chi connectivity index (χ3v) is 1.85. The van der Waals surface area contributed by atoms with E-state index in [4.69, 9.17) is 10.2 Å².